The minimum absolute atomic E-state index is 0.214. The zero-order valence-electron chi connectivity index (χ0n) is 15.3. The summed E-state index contributed by atoms with van der Waals surface area (Å²) in [6, 6.07) is -0.776. The molecular weight excluding hydrogens is 368 g/mol. The molecule has 0 spiro atoms. The van der Waals surface area contributed by atoms with Crippen LogP contribution in [0.25, 0.3) is 0 Å². The van der Waals surface area contributed by atoms with Gasteiger partial charge in [-0.2, -0.15) is 0 Å². The Morgan fingerprint density at radius 1 is 1.04 bits per heavy atom. The molecule has 10 nitrogen and oxygen atoms in total. The maximum Gasteiger partial charge on any atom is 0.303 e. The summed E-state index contributed by atoms with van der Waals surface area (Å²) in [4.78, 5) is 34.3. The van der Waals surface area contributed by atoms with Crippen LogP contribution in [0.3, 0.4) is 0 Å². The van der Waals surface area contributed by atoms with Gasteiger partial charge in [-0.05, 0) is 12.2 Å². The summed E-state index contributed by atoms with van der Waals surface area (Å²) in [7, 11) is 3.00. The van der Waals surface area contributed by atoms with Crippen LogP contribution >= 0.6 is 12.2 Å². The third kappa shape index (κ3) is 6.39. The average Bonchev–Trinajstić information content (AvgIpc) is 2.55. The Balaban J connectivity index is 3.20. The highest BCUT2D eigenvalue weighted by atomic mass is 32.1. The molecule has 0 aromatic carbocycles. The van der Waals surface area contributed by atoms with Gasteiger partial charge in [0.25, 0.3) is 0 Å². The van der Waals surface area contributed by atoms with Gasteiger partial charge in [0.05, 0.1) is 0 Å². The van der Waals surface area contributed by atoms with Crippen LogP contribution < -0.4 is 10.6 Å². The molecule has 26 heavy (non-hydrogen) atoms. The van der Waals surface area contributed by atoms with Gasteiger partial charge in [0.15, 0.2) is 23.6 Å². The van der Waals surface area contributed by atoms with Crippen molar-refractivity contribution in [1.82, 2.24) is 10.6 Å². The highest BCUT2D eigenvalue weighted by Crippen LogP contribution is 2.27. The van der Waals surface area contributed by atoms with Crippen molar-refractivity contribution >= 4 is 35.2 Å². The number of carbonyl (C=O) groups is 3. The van der Waals surface area contributed by atoms with Crippen LogP contribution in [0.15, 0.2) is 0 Å². The second-order valence-corrected chi connectivity index (χ2v) is 5.89. The third-order valence-corrected chi connectivity index (χ3v) is 3.78. The monoisotopic (exact) mass is 392 g/mol. The molecule has 0 radical (unpaired) electrons. The molecule has 2 N–H and O–H groups in total. The lowest BCUT2D eigenvalue weighted by atomic mass is 9.96. The SMILES string of the molecule is CNC(=S)N[C@H]1[C@H](OC)O[C@H](COC(C)=O)[C@@H](OC(C)=O)[C@@H]1OC(C)=O. The molecule has 0 bridgehead atoms. The lowest BCUT2D eigenvalue weighted by Crippen LogP contribution is -2.67. The summed E-state index contributed by atoms with van der Waals surface area (Å²) >= 11 is 5.09. The van der Waals surface area contributed by atoms with Crippen LogP contribution in [0.2, 0.25) is 0 Å². The molecule has 11 heteroatoms. The molecule has 1 heterocycles. The van der Waals surface area contributed by atoms with Gasteiger partial charge >= 0.3 is 17.9 Å². The third-order valence-electron chi connectivity index (χ3n) is 3.46. The van der Waals surface area contributed by atoms with Crippen molar-refractivity contribution in [1.29, 1.82) is 0 Å². The molecule has 0 saturated carbocycles. The molecule has 1 aliphatic heterocycles. The zero-order valence-corrected chi connectivity index (χ0v) is 16.1. The lowest BCUT2D eigenvalue weighted by Gasteiger charge is -2.44. The highest BCUT2D eigenvalue weighted by molar-refractivity contribution is 7.80. The van der Waals surface area contributed by atoms with E-state index in [2.05, 4.69) is 10.6 Å². The maximum absolute atomic E-state index is 11.6. The second-order valence-electron chi connectivity index (χ2n) is 5.48. The Bertz CT molecular complexity index is 544. The van der Waals surface area contributed by atoms with Crippen molar-refractivity contribution in [3.05, 3.63) is 0 Å². The van der Waals surface area contributed by atoms with Crippen LogP contribution in [0.5, 0.6) is 0 Å². The van der Waals surface area contributed by atoms with E-state index in [1.54, 1.807) is 7.05 Å². The van der Waals surface area contributed by atoms with Gasteiger partial charge in [-0.3, -0.25) is 14.4 Å². The van der Waals surface area contributed by atoms with E-state index in [9.17, 15) is 14.4 Å². The largest absolute Gasteiger partial charge is 0.463 e. The number of esters is 3. The molecule has 1 fully saturated rings. The quantitative estimate of drug-likeness (QED) is 0.337. The van der Waals surface area contributed by atoms with Crippen molar-refractivity contribution in [3.8, 4) is 0 Å². The van der Waals surface area contributed by atoms with Crippen molar-refractivity contribution < 1.29 is 38.1 Å². The fourth-order valence-electron chi connectivity index (χ4n) is 2.48. The van der Waals surface area contributed by atoms with E-state index in [1.165, 1.54) is 27.9 Å². The number of carbonyl (C=O) groups excluding carboxylic acids is 3. The first-order valence-corrected chi connectivity index (χ1v) is 8.24. The van der Waals surface area contributed by atoms with Gasteiger partial charge < -0.3 is 34.3 Å². The number of nitrogens with one attached hydrogen (secondary N) is 2. The Kier molecular flexibility index (Phi) is 8.69. The number of rotatable bonds is 6. The standard InChI is InChI=1S/C15H24N2O8S/c1-7(18)22-6-10-12(23-8(2)19)13(24-9(3)20)11(14(21-5)25-10)17-15(26)16-4/h10-14H,6H2,1-5H3,(H2,16,17,26)/t10-,11-,12-,13-,14-/m1/s1. The first-order valence-electron chi connectivity index (χ1n) is 7.83. The van der Waals surface area contributed by atoms with Crippen molar-refractivity contribution in [2.24, 2.45) is 0 Å². The van der Waals surface area contributed by atoms with Crippen molar-refractivity contribution in [2.45, 2.75) is 51.4 Å². The van der Waals surface area contributed by atoms with E-state index >= 15 is 0 Å². The number of thiocarbonyl (C=S) groups is 1. The Morgan fingerprint density at radius 3 is 2.08 bits per heavy atom. The number of ether oxygens (including phenoxy) is 5. The normalized spacial score (nSPS) is 27.8. The van der Waals surface area contributed by atoms with Crippen molar-refractivity contribution in [2.75, 3.05) is 20.8 Å². The minimum atomic E-state index is -1.04. The van der Waals surface area contributed by atoms with E-state index in [-0.39, 0.29) is 11.7 Å². The zero-order chi connectivity index (χ0) is 19.9. The van der Waals surface area contributed by atoms with Gasteiger partial charge in [0, 0.05) is 34.9 Å². The molecule has 1 aliphatic rings. The van der Waals surface area contributed by atoms with E-state index in [4.69, 9.17) is 35.9 Å². The second kappa shape index (κ2) is 10.2. The summed E-state index contributed by atoms with van der Waals surface area (Å²) < 4.78 is 26.7. The minimum Gasteiger partial charge on any atom is -0.463 e. The summed E-state index contributed by atoms with van der Waals surface area (Å²) in [6.45, 7) is 3.44. The molecular formula is C15H24N2O8S. The fraction of sp³-hybridized carbons (Fsp3) is 0.733. The first kappa shape index (κ1) is 22.1. The summed E-state index contributed by atoms with van der Waals surface area (Å²) in [5.41, 5.74) is 0. The number of hydrogen-bond donors (Lipinski definition) is 2. The van der Waals surface area contributed by atoms with Crippen LogP contribution in [0.4, 0.5) is 0 Å². The van der Waals surface area contributed by atoms with Crippen molar-refractivity contribution in [3.63, 3.8) is 0 Å². The molecule has 148 valence electrons. The summed E-state index contributed by atoms with van der Waals surface area (Å²) in [6.07, 6.45) is -3.86. The Morgan fingerprint density at radius 2 is 1.62 bits per heavy atom. The predicted molar refractivity (Wildman–Crippen MR) is 92.0 cm³/mol. The maximum atomic E-state index is 11.6. The number of hydrogen-bond acceptors (Lipinski definition) is 9. The Hall–Kier alpha value is -1.98. The van der Waals surface area contributed by atoms with Crippen LogP contribution in [-0.4, -0.2) is 74.4 Å². The summed E-state index contributed by atoms with van der Waals surface area (Å²) in [5, 5.41) is 5.89. The van der Waals surface area contributed by atoms with E-state index < -0.39 is 48.6 Å². The molecule has 0 aromatic rings. The summed E-state index contributed by atoms with van der Waals surface area (Å²) in [5.74, 6) is -1.75. The Labute approximate surface area is 156 Å². The van der Waals surface area contributed by atoms with E-state index in [1.807, 2.05) is 0 Å². The van der Waals surface area contributed by atoms with E-state index in [0.717, 1.165) is 0 Å². The molecule has 0 unspecified atom stereocenters. The van der Waals surface area contributed by atoms with E-state index in [0.29, 0.717) is 0 Å². The molecule has 0 amide bonds. The van der Waals surface area contributed by atoms with Gasteiger partial charge in [-0.15, -0.1) is 0 Å². The molecule has 0 aromatic heterocycles. The lowest BCUT2D eigenvalue weighted by molar-refractivity contribution is -0.270. The highest BCUT2D eigenvalue weighted by Gasteiger charge is 2.50. The average molecular weight is 392 g/mol. The molecule has 1 saturated heterocycles. The fourth-order valence-corrected chi connectivity index (χ4v) is 2.62. The van der Waals surface area contributed by atoms with Gasteiger partial charge in [-0.1, -0.05) is 0 Å². The van der Waals surface area contributed by atoms with Gasteiger partial charge in [-0.25, -0.2) is 0 Å². The molecule has 5 atom stereocenters. The van der Waals surface area contributed by atoms with Crippen LogP contribution in [0.1, 0.15) is 20.8 Å². The smallest absolute Gasteiger partial charge is 0.303 e. The predicted octanol–water partition coefficient (Wildman–Crippen LogP) is -0.753. The first-order chi connectivity index (χ1) is 12.2. The van der Waals surface area contributed by atoms with Gasteiger partial charge in [0.1, 0.15) is 18.8 Å². The van der Waals surface area contributed by atoms with Crippen LogP contribution in [-0.2, 0) is 38.1 Å². The molecule has 0 aliphatic carbocycles. The van der Waals surface area contributed by atoms with Gasteiger partial charge in [0.2, 0.25) is 0 Å². The topological polar surface area (TPSA) is 121 Å². The number of methoxy groups -OCH3 is 1. The molecule has 1 rings (SSSR count). The van der Waals surface area contributed by atoms with Crippen LogP contribution in [0, 0.1) is 0 Å².